The topological polar surface area (TPSA) is 44.5 Å². The molecule has 2 rings (SSSR count). The van der Waals surface area contributed by atoms with Crippen LogP contribution < -0.4 is 15.2 Å². The first kappa shape index (κ1) is 14.4. The minimum Gasteiger partial charge on any atom is -0.497 e. The third kappa shape index (κ3) is 2.78. The van der Waals surface area contributed by atoms with Crippen molar-refractivity contribution >= 4 is 0 Å². The number of hydrogen-bond donors (Lipinski definition) is 1. The maximum absolute atomic E-state index is 6.42. The second-order valence-electron chi connectivity index (χ2n) is 4.91. The van der Waals surface area contributed by atoms with Gasteiger partial charge in [0.2, 0.25) is 0 Å². The van der Waals surface area contributed by atoms with E-state index in [1.165, 1.54) is 11.1 Å². The average molecular weight is 271 g/mol. The molecule has 1 unspecified atom stereocenters. The Labute approximate surface area is 120 Å². The second kappa shape index (κ2) is 5.97. The lowest BCUT2D eigenvalue weighted by atomic mass is 9.93. The van der Waals surface area contributed by atoms with E-state index >= 15 is 0 Å². The van der Waals surface area contributed by atoms with Gasteiger partial charge in [0.1, 0.15) is 11.5 Å². The molecule has 0 saturated carbocycles. The predicted octanol–water partition coefficient (Wildman–Crippen LogP) is 3.37. The Morgan fingerprint density at radius 3 is 2.10 bits per heavy atom. The van der Waals surface area contributed by atoms with E-state index < -0.39 is 0 Å². The molecule has 106 valence electrons. The summed E-state index contributed by atoms with van der Waals surface area (Å²) in [4.78, 5) is 0. The summed E-state index contributed by atoms with van der Waals surface area (Å²) in [7, 11) is 3.28. The molecule has 20 heavy (non-hydrogen) atoms. The molecular formula is C17H21NO2. The molecule has 2 aromatic carbocycles. The van der Waals surface area contributed by atoms with Crippen LogP contribution in [0.5, 0.6) is 11.5 Å². The van der Waals surface area contributed by atoms with Crippen molar-refractivity contribution in [1.82, 2.24) is 0 Å². The van der Waals surface area contributed by atoms with Crippen LogP contribution in [0.25, 0.3) is 0 Å². The highest BCUT2D eigenvalue weighted by molar-refractivity contribution is 5.45. The number of benzene rings is 2. The molecule has 0 radical (unpaired) electrons. The Morgan fingerprint density at radius 1 is 0.950 bits per heavy atom. The molecule has 0 heterocycles. The van der Waals surface area contributed by atoms with Gasteiger partial charge >= 0.3 is 0 Å². The number of ether oxygens (including phenoxy) is 2. The van der Waals surface area contributed by atoms with Crippen LogP contribution in [0.3, 0.4) is 0 Å². The minimum atomic E-state index is -0.195. The fraction of sp³-hybridized carbons (Fsp3) is 0.294. The van der Waals surface area contributed by atoms with E-state index in [0.717, 1.165) is 22.6 Å². The highest BCUT2D eigenvalue weighted by Gasteiger charge is 2.14. The lowest BCUT2D eigenvalue weighted by Gasteiger charge is -2.18. The predicted molar refractivity (Wildman–Crippen MR) is 81.5 cm³/mol. The summed E-state index contributed by atoms with van der Waals surface area (Å²) in [6, 6.07) is 11.8. The quantitative estimate of drug-likeness (QED) is 0.927. The molecular weight excluding hydrogens is 250 g/mol. The van der Waals surface area contributed by atoms with Gasteiger partial charge in [0.15, 0.2) is 0 Å². The lowest BCUT2D eigenvalue weighted by Crippen LogP contribution is -2.14. The van der Waals surface area contributed by atoms with E-state index in [-0.39, 0.29) is 6.04 Å². The normalized spacial score (nSPS) is 12.1. The molecule has 0 aromatic heterocycles. The van der Waals surface area contributed by atoms with Crippen LogP contribution in [0.4, 0.5) is 0 Å². The van der Waals surface area contributed by atoms with Gasteiger partial charge in [0, 0.05) is 6.07 Å². The first-order valence-electron chi connectivity index (χ1n) is 6.61. The van der Waals surface area contributed by atoms with Crippen molar-refractivity contribution in [3.05, 3.63) is 58.7 Å². The van der Waals surface area contributed by atoms with Crippen LogP contribution in [-0.2, 0) is 0 Å². The van der Waals surface area contributed by atoms with E-state index in [2.05, 4.69) is 26.0 Å². The van der Waals surface area contributed by atoms with Crippen LogP contribution >= 0.6 is 0 Å². The number of aryl methyl sites for hydroxylation is 1. The van der Waals surface area contributed by atoms with E-state index in [4.69, 9.17) is 15.2 Å². The van der Waals surface area contributed by atoms with Gasteiger partial charge in [-0.25, -0.2) is 0 Å². The molecule has 2 aromatic rings. The van der Waals surface area contributed by atoms with E-state index in [0.29, 0.717) is 0 Å². The Morgan fingerprint density at radius 2 is 1.55 bits per heavy atom. The van der Waals surface area contributed by atoms with Gasteiger partial charge < -0.3 is 15.2 Å². The standard InChI is InChI=1S/C17H21NO2/c1-11-6-5-7-16(12(11)2)17(18)13-8-14(19-3)10-15(9-13)20-4/h5-10,17H,18H2,1-4H3. The van der Waals surface area contributed by atoms with Gasteiger partial charge in [0.05, 0.1) is 20.3 Å². The molecule has 0 bridgehead atoms. The summed E-state index contributed by atoms with van der Waals surface area (Å²) in [6.45, 7) is 4.19. The fourth-order valence-electron chi connectivity index (χ4n) is 2.30. The minimum absolute atomic E-state index is 0.195. The van der Waals surface area contributed by atoms with Crippen molar-refractivity contribution in [2.45, 2.75) is 19.9 Å². The molecule has 0 aliphatic carbocycles. The molecule has 0 amide bonds. The average Bonchev–Trinajstić information content (AvgIpc) is 2.48. The summed E-state index contributed by atoms with van der Waals surface area (Å²) in [5, 5.41) is 0. The van der Waals surface area contributed by atoms with Crippen LogP contribution in [0, 0.1) is 13.8 Å². The van der Waals surface area contributed by atoms with Gasteiger partial charge in [-0.2, -0.15) is 0 Å². The number of methoxy groups -OCH3 is 2. The van der Waals surface area contributed by atoms with Crippen molar-refractivity contribution in [3.63, 3.8) is 0 Å². The Bertz CT molecular complexity index is 586. The number of hydrogen-bond acceptors (Lipinski definition) is 3. The summed E-state index contributed by atoms with van der Waals surface area (Å²) < 4.78 is 10.6. The summed E-state index contributed by atoms with van der Waals surface area (Å²) in [5.41, 5.74) is 11.0. The molecule has 0 fully saturated rings. The van der Waals surface area contributed by atoms with Gasteiger partial charge in [-0.15, -0.1) is 0 Å². The lowest BCUT2D eigenvalue weighted by molar-refractivity contribution is 0.393. The molecule has 0 aliphatic rings. The smallest absolute Gasteiger partial charge is 0.122 e. The van der Waals surface area contributed by atoms with Crippen molar-refractivity contribution in [3.8, 4) is 11.5 Å². The highest BCUT2D eigenvalue weighted by Crippen LogP contribution is 2.30. The van der Waals surface area contributed by atoms with Crippen LogP contribution in [0.1, 0.15) is 28.3 Å². The number of nitrogens with two attached hydrogens (primary N) is 1. The molecule has 0 aliphatic heterocycles. The van der Waals surface area contributed by atoms with Crippen molar-refractivity contribution in [2.24, 2.45) is 5.73 Å². The van der Waals surface area contributed by atoms with E-state index in [1.807, 2.05) is 24.3 Å². The van der Waals surface area contributed by atoms with Gasteiger partial charge in [0.25, 0.3) is 0 Å². The van der Waals surface area contributed by atoms with Gasteiger partial charge in [-0.05, 0) is 48.2 Å². The highest BCUT2D eigenvalue weighted by atomic mass is 16.5. The van der Waals surface area contributed by atoms with Gasteiger partial charge in [-0.1, -0.05) is 18.2 Å². The molecule has 0 saturated heterocycles. The zero-order valence-corrected chi connectivity index (χ0v) is 12.4. The maximum atomic E-state index is 6.42. The largest absolute Gasteiger partial charge is 0.497 e. The van der Waals surface area contributed by atoms with E-state index in [1.54, 1.807) is 14.2 Å². The van der Waals surface area contributed by atoms with Crippen LogP contribution in [0.2, 0.25) is 0 Å². The fourth-order valence-corrected chi connectivity index (χ4v) is 2.30. The monoisotopic (exact) mass is 271 g/mol. The molecule has 3 nitrogen and oxygen atoms in total. The number of rotatable bonds is 4. The Hall–Kier alpha value is -2.00. The Kier molecular flexibility index (Phi) is 4.30. The van der Waals surface area contributed by atoms with Crippen LogP contribution in [-0.4, -0.2) is 14.2 Å². The van der Waals surface area contributed by atoms with E-state index in [9.17, 15) is 0 Å². The Balaban J connectivity index is 2.47. The summed E-state index contributed by atoms with van der Waals surface area (Å²) in [6.07, 6.45) is 0. The first-order chi connectivity index (χ1) is 9.56. The third-order valence-corrected chi connectivity index (χ3v) is 3.71. The molecule has 1 atom stereocenters. The van der Waals surface area contributed by atoms with Gasteiger partial charge in [-0.3, -0.25) is 0 Å². The molecule has 0 spiro atoms. The maximum Gasteiger partial charge on any atom is 0.122 e. The van der Waals surface area contributed by atoms with Crippen molar-refractivity contribution in [1.29, 1.82) is 0 Å². The first-order valence-corrected chi connectivity index (χ1v) is 6.61. The molecule has 3 heteroatoms. The summed E-state index contributed by atoms with van der Waals surface area (Å²) >= 11 is 0. The zero-order chi connectivity index (χ0) is 14.7. The van der Waals surface area contributed by atoms with Crippen molar-refractivity contribution in [2.75, 3.05) is 14.2 Å². The second-order valence-corrected chi connectivity index (χ2v) is 4.91. The zero-order valence-electron chi connectivity index (χ0n) is 12.4. The molecule has 2 N–H and O–H groups in total. The third-order valence-electron chi connectivity index (χ3n) is 3.71. The summed E-state index contributed by atoms with van der Waals surface area (Å²) in [5.74, 6) is 1.50. The van der Waals surface area contributed by atoms with Crippen molar-refractivity contribution < 1.29 is 9.47 Å². The SMILES string of the molecule is COc1cc(OC)cc(C(N)c2cccc(C)c2C)c1. The van der Waals surface area contributed by atoms with Crippen LogP contribution in [0.15, 0.2) is 36.4 Å².